The van der Waals surface area contributed by atoms with Crippen molar-refractivity contribution in [2.45, 2.75) is 25.8 Å². The highest BCUT2D eigenvalue weighted by Gasteiger charge is 1.97. The van der Waals surface area contributed by atoms with E-state index < -0.39 is 0 Å². The lowest BCUT2D eigenvalue weighted by Gasteiger charge is -2.06. The zero-order valence-electron chi connectivity index (χ0n) is 6.06. The SMILES string of the molecule is C=CC(=C)CC(N)CC. The Labute approximate surface area is 57.3 Å². The fourth-order valence-corrected chi connectivity index (χ4v) is 0.564. The van der Waals surface area contributed by atoms with Gasteiger partial charge in [0.05, 0.1) is 0 Å². The molecule has 0 aromatic carbocycles. The van der Waals surface area contributed by atoms with E-state index in [1.54, 1.807) is 6.08 Å². The Kier molecular flexibility index (Phi) is 4.06. The second kappa shape index (κ2) is 4.33. The zero-order valence-corrected chi connectivity index (χ0v) is 6.06. The van der Waals surface area contributed by atoms with Gasteiger partial charge in [-0.1, -0.05) is 31.7 Å². The first-order valence-electron chi connectivity index (χ1n) is 3.26. The van der Waals surface area contributed by atoms with Crippen LogP contribution in [-0.2, 0) is 0 Å². The molecule has 0 saturated carbocycles. The van der Waals surface area contributed by atoms with Crippen molar-refractivity contribution in [2.24, 2.45) is 5.73 Å². The summed E-state index contributed by atoms with van der Waals surface area (Å²) in [5.41, 5.74) is 6.67. The van der Waals surface area contributed by atoms with Gasteiger partial charge in [-0.05, 0) is 12.8 Å². The lowest BCUT2D eigenvalue weighted by atomic mass is 10.1. The van der Waals surface area contributed by atoms with Gasteiger partial charge in [-0.2, -0.15) is 0 Å². The summed E-state index contributed by atoms with van der Waals surface area (Å²) in [5.74, 6) is 0. The molecular formula is C8H15N. The highest BCUT2D eigenvalue weighted by molar-refractivity contribution is 5.11. The largest absolute Gasteiger partial charge is 0.327 e. The first kappa shape index (κ1) is 8.44. The molecule has 0 spiro atoms. The Balaban J connectivity index is 3.46. The molecule has 9 heavy (non-hydrogen) atoms. The van der Waals surface area contributed by atoms with Crippen molar-refractivity contribution in [2.75, 3.05) is 0 Å². The highest BCUT2D eigenvalue weighted by Crippen LogP contribution is 2.03. The molecule has 1 nitrogen and oxygen atoms in total. The van der Waals surface area contributed by atoms with Gasteiger partial charge in [0.1, 0.15) is 0 Å². The van der Waals surface area contributed by atoms with Gasteiger partial charge in [0.25, 0.3) is 0 Å². The van der Waals surface area contributed by atoms with Crippen molar-refractivity contribution in [3.8, 4) is 0 Å². The van der Waals surface area contributed by atoms with E-state index in [1.165, 1.54) is 0 Å². The molecule has 0 radical (unpaired) electrons. The normalized spacial score (nSPS) is 12.7. The van der Waals surface area contributed by atoms with Crippen LogP contribution in [0.4, 0.5) is 0 Å². The summed E-state index contributed by atoms with van der Waals surface area (Å²) in [6.45, 7) is 9.43. The molecule has 1 heteroatoms. The number of rotatable bonds is 4. The first-order valence-corrected chi connectivity index (χ1v) is 3.26. The summed E-state index contributed by atoms with van der Waals surface area (Å²) in [6.07, 6.45) is 3.64. The molecule has 0 aromatic heterocycles. The molecule has 0 fully saturated rings. The van der Waals surface area contributed by atoms with E-state index in [1.807, 2.05) is 0 Å². The molecular weight excluding hydrogens is 110 g/mol. The van der Waals surface area contributed by atoms with Crippen LogP contribution in [0.15, 0.2) is 24.8 Å². The predicted molar refractivity (Wildman–Crippen MR) is 42.2 cm³/mol. The summed E-state index contributed by atoms with van der Waals surface area (Å²) < 4.78 is 0. The van der Waals surface area contributed by atoms with Gasteiger partial charge < -0.3 is 5.73 Å². The summed E-state index contributed by atoms with van der Waals surface area (Å²) >= 11 is 0. The maximum Gasteiger partial charge on any atom is 0.00764 e. The fourth-order valence-electron chi connectivity index (χ4n) is 0.564. The van der Waals surface area contributed by atoms with Crippen LogP contribution in [-0.4, -0.2) is 6.04 Å². The average molecular weight is 125 g/mol. The Bertz CT molecular complexity index is 105. The van der Waals surface area contributed by atoms with Crippen LogP contribution in [0, 0.1) is 0 Å². The molecule has 0 aliphatic carbocycles. The Morgan fingerprint density at radius 3 is 2.67 bits per heavy atom. The van der Waals surface area contributed by atoms with E-state index in [9.17, 15) is 0 Å². The standard InChI is InChI=1S/C8H15N/c1-4-7(3)6-8(9)5-2/h4,8H,1,3,5-6,9H2,2H3. The molecule has 0 aliphatic rings. The van der Waals surface area contributed by atoms with Crippen molar-refractivity contribution in [1.29, 1.82) is 0 Å². The third-order valence-corrected chi connectivity index (χ3v) is 1.34. The third kappa shape index (κ3) is 3.98. The van der Waals surface area contributed by atoms with Gasteiger partial charge in [-0.25, -0.2) is 0 Å². The summed E-state index contributed by atoms with van der Waals surface area (Å²) in [4.78, 5) is 0. The Morgan fingerprint density at radius 1 is 1.78 bits per heavy atom. The van der Waals surface area contributed by atoms with Crippen LogP contribution in [0.2, 0.25) is 0 Å². The monoisotopic (exact) mass is 125 g/mol. The minimum atomic E-state index is 0.260. The number of hydrogen-bond acceptors (Lipinski definition) is 1. The van der Waals surface area contributed by atoms with Crippen molar-refractivity contribution < 1.29 is 0 Å². The van der Waals surface area contributed by atoms with Gasteiger partial charge in [-0.15, -0.1) is 0 Å². The molecule has 0 aliphatic heterocycles. The third-order valence-electron chi connectivity index (χ3n) is 1.34. The first-order chi connectivity index (χ1) is 4.20. The van der Waals surface area contributed by atoms with Gasteiger partial charge in [0, 0.05) is 6.04 Å². The Morgan fingerprint density at radius 2 is 2.33 bits per heavy atom. The summed E-state index contributed by atoms with van der Waals surface area (Å²) in [6, 6.07) is 0.260. The second-order valence-electron chi connectivity index (χ2n) is 2.23. The average Bonchev–Trinajstić information content (AvgIpc) is 1.87. The fraction of sp³-hybridized carbons (Fsp3) is 0.500. The maximum absolute atomic E-state index is 5.64. The van der Waals surface area contributed by atoms with E-state index in [0.29, 0.717) is 0 Å². The van der Waals surface area contributed by atoms with E-state index in [4.69, 9.17) is 5.73 Å². The van der Waals surface area contributed by atoms with Crippen LogP contribution in [0.25, 0.3) is 0 Å². The lowest BCUT2D eigenvalue weighted by Crippen LogP contribution is -2.18. The van der Waals surface area contributed by atoms with Gasteiger partial charge in [-0.3, -0.25) is 0 Å². The molecule has 0 rings (SSSR count). The van der Waals surface area contributed by atoms with Crippen molar-refractivity contribution in [3.63, 3.8) is 0 Å². The molecule has 1 unspecified atom stereocenters. The quantitative estimate of drug-likeness (QED) is 0.570. The molecule has 0 amide bonds. The predicted octanol–water partition coefficient (Wildman–Crippen LogP) is 1.86. The Hall–Kier alpha value is -0.560. The lowest BCUT2D eigenvalue weighted by molar-refractivity contribution is 0.649. The highest BCUT2D eigenvalue weighted by atomic mass is 14.6. The molecule has 0 bridgehead atoms. The zero-order chi connectivity index (χ0) is 7.28. The van der Waals surface area contributed by atoms with Crippen LogP contribution in [0.1, 0.15) is 19.8 Å². The number of allylic oxidation sites excluding steroid dienone is 1. The molecule has 1 atom stereocenters. The van der Waals surface area contributed by atoms with Crippen LogP contribution in [0.3, 0.4) is 0 Å². The molecule has 52 valence electrons. The maximum atomic E-state index is 5.64. The molecule has 0 aromatic rings. The minimum Gasteiger partial charge on any atom is -0.327 e. The molecule has 0 heterocycles. The van der Waals surface area contributed by atoms with E-state index in [0.717, 1.165) is 18.4 Å². The second-order valence-corrected chi connectivity index (χ2v) is 2.23. The van der Waals surface area contributed by atoms with E-state index in [-0.39, 0.29) is 6.04 Å². The van der Waals surface area contributed by atoms with Crippen LogP contribution < -0.4 is 5.73 Å². The van der Waals surface area contributed by atoms with Gasteiger partial charge >= 0.3 is 0 Å². The number of nitrogens with two attached hydrogens (primary N) is 1. The minimum absolute atomic E-state index is 0.260. The van der Waals surface area contributed by atoms with Gasteiger partial charge in [0.15, 0.2) is 0 Å². The van der Waals surface area contributed by atoms with E-state index in [2.05, 4.69) is 20.1 Å². The van der Waals surface area contributed by atoms with Crippen LogP contribution in [0.5, 0.6) is 0 Å². The smallest absolute Gasteiger partial charge is 0.00764 e. The molecule has 2 N–H and O–H groups in total. The van der Waals surface area contributed by atoms with Crippen LogP contribution >= 0.6 is 0 Å². The van der Waals surface area contributed by atoms with Crippen molar-refractivity contribution >= 4 is 0 Å². The van der Waals surface area contributed by atoms with Gasteiger partial charge in [0.2, 0.25) is 0 Å². The number of hydrogen-bond donors (Lipinski definition) is 1. The van der Waals surface area contributed by atoms with E-state index >= 15 is 0 Å². The summed E-state index contributed by atoms with van der Waals surface area (Å²) in [5, 5.41) is 0. The van der Waals surface area contributed by atoms with Crippen molar-refractivity contribution in [3.05, 3.63) is 24.8 Å². The van der Waals surface area contributed by atoms with Crippen molar-refractivity contribution in [1.82, 2.24) is 0 Å². The summed E-state index contributed by atoms with van der Waals surface area (Å²) in [7, 11) is 0. The molecule has 0 saturated heterocycles. The topological polar surface area (TPSA) is 26.0 Å².